The van der Waals surface area contributed by atoms with Gasteiger partial charge in [0.15, 0.2) is 8.32 Å². The molecule has 550 valence electrons. The number of aryl methyl sites for hydroxylation is 2. The van der Waals surface area contributed by atoms with Crippen molar-refractivity contribution in [3.63, 3.8) is 0 Å². The van der Waals surface area contributed by atoms with E-state index in [1.165, 1.54) is 23.1 Å². The first-order valence-electron chi connectivity index (χ1n) is 35.1. The van der Waals surface area contributed by atoms with E-state index in [4.69, 9.17) is 32.2 Å². The van der Waals surface area contributed by atoms with Crippen LogP contribution in [0.3, 0.4) is 0 Å². The standard InChI is InChI=1S/C47H66N3O7PSi.C33H36N3O7P/c1-33-18-20-35(21-19-33)22-23-36-24-26-37(27-25-36)31-50-42(44(51)48-29-28-38-30-49-41-17-15-14-16-39(38)41)40(43(54-50)34(2)55-59(12,13)47(9,10)11)32-53-58(52,56-45(3,4)5)57-46(6,7)8;1-22-7-9-24(10-8-22)11-12-25-13-15-26(16-14-25)20-36-31(29(21-42-44(39,40)41)32(43-36)23(2)37)33(38)34-18-17-27-19-35-30-6-4-3-5-28(27)30/h14-21,24-27,30,34,40,42-43,49H,28-29,31-32H2,1-13H3,(H,48,51);3-10,13-16,19,23,29,31-32,35,37H,17-18,20-21H2,1-2H3,(H,34,38)(H2,39,40,41)/t34-,40-,42-,43-;23-,29-,31-,32-/m00/s1. The summed E-state index contributed by atoms with van der Waals surface area (Å²) in [7, 11) is -11.3. The highest BCUT2D eigenvalue weighted by Crippen LogP contribution is 2.56. The number of H-pyrrole nitrogens is 2. The second-order valence-electron chi connectivity index (χ2n) is 30.2. The lowest BCUT2D eigenvalue weighted by Gasteiger charge is -2.40. The van der Waals surface area contributed by atoms with Gasteiger partial charge in [-0.2, -0.15) is 10.1 Å². The number of hydroxylamine groups is 4. The molecule has 10 rings (SSSR count). The molecule has 8 atom stereocenters. The highest BCUT2D eigenvalue weighted by molar-refractivity contribution is 7.48. The van der Waals surface area contributed by atoms with Crippen molar-refractivity contribution in [2.75, 3.05) is 26.3 Å². The lowest BCUT2D eigenvalue weighted by molar-refractivity contribution is -0.192. The topological polar surface area (TPSA) is 256 Å². The summed E-state index contributed by atoms with van der Waals surface area (Å²) in [6.45, 7) is 29.9. The van der Waals surface area contributed by atoms with Crippen LogP contribution in [0.25, 0.3) is 21.8 Å². The number of aliphatic hydroxyl groups excluding tert-OH is 1. The molecule has 2 aliphatic heterocycles. The molecule has 2 amide bonds. The number of aliphatic hydroxyl groups is 1. The molecule has 6 aromatic carbocycles. The molecule has 2 aliphatic rings. The van der Waals surface area contributed by atoms with Gasteiger partial charge in [0.1, 0.15) is 24.3 Å². The molecule has 20 nitrogen and oxygen atoms in total. The van der Waals surface area contributed by atoms with E-state index in [0.29, 0.717) is 32.5 Å². The number of phosphoric acid groups is 2. The van der Waals surface area contributed by atoms with Crippen LogP contribution >= 0.6 is 15.6 Å². The predicted octanol–water partition coefficient (Wildman–Crippen LogP) is 14.3. The van der Waals surface area contributed by atoms with E-state index >= 15 is 0 Å². The van der Waals surface area contributed by atoms with Gasteiger partial charge in [-0.1, -0.05) is 141 Å². The van der Waals surface area contributed by atoms with Crippen molar-refractivity contribution >= 4 is 57.6 Å². The van der Waals surface area contributed by atoms with E-state index in [-0.39, 0.29) is 24.1 Å². The average molecular weight is 1460 g/mol. The minimum atomic E-state index is -4.84. The largest absolute Gasteiger partial charge is 0.475 e. The Kier molecular flexibility index (Phi) is 26.5. The third-order valence-corrected chi connectivity index (χ3v) is 25.4. The molecular formula is C80H102N6O14P2Si. The van der Waals surface area contributed by atoms with Gasteiger partial charge in [-0.25, -0.2) is 9.13 Å². The lowest BCUT2D eigenvalue weighted by atomic mass is 9.92. The molecule has 2 fully saturated rings. The molecular weight excluding hydrogens is 1360 g/mol. The first kappa shape index (κ1) is 79.8. The Morgan fingerprint density at radius 2 is 0.932 bits per heavy atom. The van der Waals surface area contributed by atoms with Crippen molar-refractivity contribution in [2.45, 2.75) is 182 Å². The molecule has 0 spiro atoms. The molecule has 0 radical (unpaired) electrons. The molecule has 23 heteroatoms. The van der Waals surface area contributed by atoms with Crippen LogP contribution in [0.4, 0.5) is 0 Å². The number of phosphoric ester groups is 2. The Bertz CT molecular complexity index is 4360. The summed E-state index contributed by atoms with van der Waals surface area (Å²) in [5.74, 6) is 10.7. The van der Waals surface area contributed by atoms with Gasteiger partial charge in [0.05, 0.1) is 49.7 Å². The van der Waals surface area contributed by atoms with Crippen molar-refractivity contribution in [1.82, 2.24) is 30.7 Å². The van der Waals surface area contributed by atoms with Gasteiger partial charge in [-0.3, -0.25) is 37.4 Å². The van der Waals surface area contributed by atoms with Crippen molar-refractivity contribution in [3.05, 3.63) is 214 Å². The number of fused-ring (bicyclic) bond motifs is 2. The third-order valence-electron chi connectivity index (χ3n) is 18.3. The highest BCUT2D eigenvalue weighted by atomic mass is 31.2. The second-order valence-corrected chi connectivity index (χ2v) is 37.7. The van der Waals surface area contributed by atoms with Gasteiger partial charge >= 0.3 is 15.6 Å². The molecule has 0 saturated carbocycles. The fraction of sp³-hybridized carbons (Fsp3) is 0.425. The van der Waals surface area contributed by atoms with Gasteiger partial charge in [0, 0.05) is 81.4 Å². The van der Waals surface area contributed by atoms with Crippen LogP contribution in [0, 0.1) is 49.4 Å². The van der Waals surface area contributed by atoms with Gasteiger partial charge in [0.25, 0.3) is 0 Å². The number of carbonyl (C=O) groups excluding carboxylic acids is 2. The Balaban J connectivity index is 0.000000249. The van der Waals surface area contributed by atoms with Crippen LogP contribution < -0.4 is 10.6 Å². The molecule has 0 bridgehead atoms. The summed E-state index contributed by atoms with van der Waals surface area (Å²) in [5.41, 5.74) is 10.2. The number of carbonyl (C=O) groups is 2. The number of amides is 2. The third kappa shape index (κ3) is 22.8. The summed E-state index contributed by atoms with van der Waals surface area (Å²) in [6, 6.07) is 45.8. The summed E-state index contributed by atoms with van der Waals surface area (Å²) in [4.78, 5) is 66.5. The first-order valence-corrected chi connectivity index (χ1v) is 41.0. The molecule has 0 unspecified atom stereocenters. The van der Waals surface area contributed by atoms with E-state index in [9.17, 15) is 33.6 Å². The second kappa shape index (κ2) is 34.3. The zero-order chi connectivity index (χ0) is 74.7. The average Bonchev–Trinajstić information content (AvgIpc) is 1.64. The molecule has 2 saturated heterocycles. The quantitative estimate of drug-likeness (QED) is 0.0169. The van der Waals surface area contributed by atoms with Crippen LogP contribution in [0.2, 0.25) is 18.1 Å². The van der Waals surface area contributed by atoms with Crippen molar-refractivity contribution < 1.29 is 65.8 Å². The smallest absolute Gasteiger partial charge is 0.411 e. The monoisotopic (exact) mass is 1460 g/mol. The van der Waals surface area contributed by atoms with E-state index < -0.39 is 96.0 Å². The number of rotatable bonds is 24. The van der Waals surface area contributed by atoms with Crippen molar-refractivity contribution in [3.8, 4) is 23.7 Å². The van der Waals surface area contributed by atoms with Crippen molar-refractivity contribution in [1.29, 1.82) is 0 Å². The zero-order valence-electron chi connectivity index (χ0n) is 61.9. The molecule has 4 heterocycles. The number of benzene rings is 6. The van der Waals surface area contributed by atoms with Crippen LogP contribution in [0.15, 0.2) is 158 Å². The fourth-order valence-electron chi connectivity index (χ4n) is 12.2. The summed E-state index contributed by atoms with van der Waals surface area (Å²) in [5, 5.41) is 22.0. The van der Waals surface area contributed by atoms with Crippen LogP contribution in [0.5, 0.6) is 0 Å². The zero-order valence-corrected chi connectivity index (χ0v) is 64.7. The maximum absolute atomic E-state index is 14.7. The minimum Gasteiger partial charge on any atom is -0.411 e. The molecule has 7 N–H and O–H groups in total. The van der Waals surface area contributed by atoms with Gasteiger partial charge in [-0.05, 0) is 183 Å². The van der Waals surface area contributed by atoms with E-state index in [1.807, 2.05) is 154 Å². The molecule has 103 heavy (non-hydrogen) atoms. The number of nitrogens with zero attached hydrogens (tertiary/aromatic N) is 2. The predicted molar refractivity (Wildman–Crippen MR) is 405 cm³/mol. The molecule has 2 aromatic heterocycles. The normalized spacial score (nSPS) is 19.0. The van der Waals surface area contributed by atoms with Crippen LogP contribution in [0.1, 0.15) is 132 Å². The number of aromatic nitrogens is 2. The van der Waals surface area contributed by atoms with Gasteiger partial charge < -0.3 is 39.9 Å². The number of aromatic amines is 2. The van der Waals surface area contributed by atoms with Crippen molar-refractivity contribution in [2.24, 2.45) is 11.8 Å². The van der Waals surface area contributed by atoms with Gasteiger partial charge in [0.2, 0.25) is 11.8 Å². The fourth-order valence-corrected chi connectivity index (χ4v) is 15.8. The summed E-state index contributed by atoms with van der Waals surface area (Å²) >= 11 is 0. The summed E-state index contributed by atoms with van der Waals surface area (Å²) < 4.78 is 56.1. The minimum absolute atomic E-state index is 0.0778. The maximum atomic E-state index is 14.7. The molecule has 0 aliphatic carbocycles. The van der Waals surface area contributed by atoms with E-state index in [2.05, 4.69) is 103 Å². The highest BCUT2D eigenvalue weighted by Gasteiger charge is 2.54. The number of nitrogens with one attached hydrogen (secondary N) is 4. The number of para-hydroxylation sites is 2. The van der Waals surface area contributed by atoms with Gasteiger partial charge in [-0.15, -0.1) is 0 Å². The van der Waals surface area contributed by atoms with Crippen LogP contribution in [-0.2, 0) is 76.8 Å². The van der Waals surface area contributed by atoms with Crippen LogP contribution in [-0.4, -0.2) is 129 Å². The Labute approximate surface area is 608 Å². The Hall–Kier alpha value is -7.34. The lowest BCUT2D eigenvalue weighted by Crippen LogP contribution is -2.50. The van der Waals surface area contributed by atoms with E-state index in [1.54, 1.807) is 46.6 Å². The Morgan fingerprint density at radius 1 is 0.563 bits per heavy atom. The summed E-state index contributed by atoms with van der Waals surface area (Å²) in [6.07, 6.45) is 2.06. The number of hydrogen-bond acceptors (Lipinski definition) is 14. The first-order chi connectivity index (χ1) is 48.5. The molecule has 8 aromatic rings. The maximum Gasteiger partial charge on any atom is 0.475 e. The van der Waals surface area contributed by atoms with E-state index in [0.717, 1.165) is 66.3 Å². The number of hydrogen-bond donors (Lipinski definition) is 7. The SMILES string of the molecule is Cc1ccc(C#Cc2ccc(CN3O[C@@H]([C@H](C)O)[C@@H](COP(=O)(O)O)[C@H]3C(=O)NCCc3c[nH]c4ccccc34)cc2)cc1.Cc1ccc(C#Cc2ccc(CN3O[C@@H]([C@H](C)O[Si](C)(C)C(C)(C)C)[C@@H](COP(=O)(OC(C)(C)C)OC(C)(C)C)[C@H]3C(=O)NCCc3c[nH]c4ccccc34)cc2)cc1. The Morgan fingerprint density at radius 3 is 1.31 bits per heavy atom.